The van der Waals surface area contributed by atoms with E-state index in [0.717, 1.165) is 36.1 Å². The number of esters is 1. The fourth-order valence-corrected chi connectivity index (χ4v) is 5.87. The Balaban J connectivity index is 1.63. The van der Waals surface area contributed by atoms with Crippen LogP contribution in [0.1, 0.15) is 59.8 Å². The molecule has 0 unspecified atom stereocenters. The van der Waals surface area contributed by atoms with E-state index in [-0.39, 0.29) is 36.3 Å². The maximum absolute atomic E-state index is 13.0. The van der Waals surface area contributed by atoms with E-state index in [1.165, 1.54) is 17.8 Å². The van der Waals surface area contributed by atoms with Crippen molar-refractivity contribution in [2.24, 2.45) is 11.8 Å². The van der Waals surface area contributed by atoms with Gasteiger partial charge in [0.05, 0.1) is 24.0 Å². The van der Waals surface area contributed by atoms with Gasteiger partial charge in [0, 0.05) is 10.9 Å². The highest BCUT2D eigenvalue weighted by atomic mass is 32.1. The second-order valence-electron chi connectivity index (χ2n) is 7.42. The van der Waals surface area contributed by atoms with E-state index >= 15 is 0 Å². The highest BCUT2D eigenvalue weighted by Gasteiger charge is 2.52. The third-order valence-electron chi connectivity index (χ3n) is 5.96. The number of rotatable bonds is 3. The first kappa shape index (κ1) is 17.5. The van der Waals surface area contributed by atoms with Crippen LogP contribution < -0.4 is 5.73 Å². The molecule has 1 aromatic heterocycles. The van der Waals surface area contributed by atoms with Gasteiger partial charge in [0.2, 0.25) is 11.8 Å². The van der Waals surface area contributed by atoms with Crippen molar-refractivity contribution >= 4 is 34.1 Å². The van der Waals surface area contributed by atoms with Crippen molar-refractivity contribution in [2.75, 3.05) is 12.3 Å². The number of nitrogen functional groups attached to an aromatic ring is 1. The Kier molecular flexibility index (Phi) is 4.50. The van der Waals surface area contributed by atoms with Crippen LogP contribution >= 0.6 is 11.3 Å². The van der Waals surface area contributed by atoms with Gasteiger partial charge in [-0.25, -0.2) is 4.79 Å². The van der Waals surface area contributed by atoms with Crippen molar-refractivity contribution in [1.29, 1.82) is 0 Å². The average Bonchev–Trinajstić information content (AvgIpc) is 3.07. The first-order valence-corrected chi connectivity index (χ1v) is 10.3. The van der Waals surface area contributed by atoms with E-state index in [0.29, 0.717) is 23.4 Å². The van der Waals surface area contributed by atoms with Crippen LogP contribution in [-0.4, -0.2) is 35.3 Å². The van der Waals surface area contributed by atoms with E-state index in [4.69, 9.17) is 10.5 Å². The number of imide groups is 1. The third-order valence-corrected chi connectivity index (χ3v) is 7.05. The van der Waals surface area contributed by atoms with E-state index in [1.807, 2.05) is 0 Å². The molecule has 7 heteroatoms. The number of nitrogens with zero attached hydrogens (tertiary/aromatic N) is 1. The molecule has 2 heterocycles. The molecule has 3 aliphatic rings. The lowest BCUT2D eigenvalue weighted by atomic mass is 9.79. The third kappa shape index (κ3) is 2.64. The lowest BCUT2D eigenvalue weighted by molar-refractivity contribution is -0.143. The normalized spacial score (nSPS) is 26.0. The number of anilines is 1. The molecule has 2 N–H and O–H groups in total. The SMILES string of the molecule is CCOC(=O)c1c(N)sc2c1C[C@H]1C(=O)N(C3CCCCC3)C(=O)[C@H]1C2. The Morgan fingerprint density at radius 3 is 2.46 bits per heavy atom. The highest BCUT2D eigenvalue weighted by Crippen LogP contribution is 2.45. The summed E-state index contributed by atoms with van der Waals surface area (Å²) in [6.45, 7) is 2.03. The zero-order valence-corrected chi connectivity index (χ0v) is 15.8. The van der Waals surface area contributed by atoms with Crippen molar-refractivity contribution in [3.8, 4) is 0 Å². The van der Waals surface area contributed by atoms with Gasteiger partial charge in [-0.1, -0.05) is 19.3 Å². The molecule has 4 rings (SSSR count). The monoisotopic (exact) mass is 376 g/mol. The standard InChI is InChI=1S/C19H24N2O4S/c1-2-25-19(24)15-13-8-11-12(9-14(13)26-16(15)20)18(23)21(17(11)22)10-6-4-3-5-7-10/h10-12H,2-9,20H2,1H3/t11-,12+/m1/s1. The van der Waals surface area contributed by atoms with E-state index in [1.54, 1.807) is 11.8 Å². The summed E-state index contributed by atoms with van der Waals surface area (Å²) in [5.74, 6) is -1.18. The number of fused-ring (bicyclic) bond motifs is 2. The smallest absolute Gasteiger partial charge is 0.341 e. The summed E-state index contributed by atoms with van der Waals surface area (Å²) >= 11 is 1.35. The summed E-state index contributed by atoms with van der Waals surface area (Å²) in [4.78, 5) is 40.8. The van der Waals surface area contributed by atoms with Crippen LogP contribution in [-0.2, 0) is 27.2 Å². The number of thiophene rings is 1. The molecule has 26 heavy (non-hydrogen) atoms. The lowest BCUT2D eigenvalue weighted by Gasteiger charge is -2.29. The van der Waals surface area contributed by atoms with Crippen LogP contribution in [0, 0.1) is 11.8 Å². The quantitative estimate of drug-likeness (QED) is 0.647. The lowest BCUT2D eigenvalue weighted by Crippen LogP contribution is -2.41. The van der Waals surface area contributed by atoms with Gasteiger partial charge in [-0.05, 0) is 38.2 Å². The average molecular weight is 376 g/mol. The van der Waals surface area contributed by atoms with Crippen molar-refractivity contribution in [3.63, 3.8) is 0 Å². The van der Waals surface area contributed by atoms with Crippen molar-refractivity contribution in [1.82, 2.24) is 4.90 Å². The number of hydrogen-bond acceptors (Lipinski definition) is 6. The van der Waals surface area contributed by atoms with Gasteiger partial charge in [-0.3, -0.25) is 14.5 Å². The summed E-state index contributed by atoms with van der Waals surface area (Å²) in [5.41, 5.74) is 7.28. The highest BCUT2D eigenvalue weighted by molar-refractivity contribution is 7.16. The van der Waals surface area contributed by atoms with E-state index < -0.39 is 5.97 Å². The van der Waals surface area contributed by atoms with Crippen molar-refractivity contribution < 1.29 is 19.1 Å². The molecule has 1 aromatic rings. The second-order valence-corrected chi connectivity index (χ2v) is 8.56. The number of hydrogen-bond donors (Lipinski definition) is 1. The largest absolute Gasteiger partial charge is 0.462 e. The van der Waals surface area contributed by atoms with Gasteiger partial charge in [-0.2, -0.15) is 0 Å². The zero-order valence-electron chi connectivity index (χ0n) is 15.0. The number of likely N-dealkylation sites (tertiary alicyclic amines) is 1. The molecule has 2 atom stereocenters. The summed E-state index contributed by atoms with van der Waals surface area (Å²) < 4.78 is 5.13. The molecule has 1 saturated carbocycles. The van der Waals surface area contributed by atoms with Crippen LogP contribution in [0.2, 0.25) is 0 Å². The maximum Gasteiger partial charge on any atom is 0.341 e. The minimum absolute atomic E-state index is 0.0257. The van der Waals surface area contributed by atoms with Crippen LogP contribution in [0.25, 0.3) is 0 Å². The molecule has 6 nitrogen and oxygen atoms in total. The molecular formula is C19H24N2O4S. The first-order valence-electron chi connectivity index (χ1n) is 9.47. The summed E-state index contributed by atoms with van der Waals surface area (Å²) in [5, 5.41) is 0.428. The minimum atomic E-state index is -0.429. The van der Waals surface area contributed by atoms with Crippen LogP contribution in [0.4, 0.5) is 5.00 Å². The van der Waals surface area contributed by atoms with Gasteiger partial charge in [0.15, 0.2) is 0 Å². The molecule has 0 aromatic carbocycles. The molecule has 140 valence electrons. The number of amides is 2. The Bertz CT molecular complexity index is 766. The van der Waals surface area contributed by atoms with Crippen LogP contribution in [0.3, 0.4) is 0 Å². The van der Waals surface area contributed by atoms with Crippen molar-refractivity contribution in [3.05, 3.63) is 16.0 Å². The molecular weight excluding hydrogens is 352 g/mol. The van der Waals surface area contributed by atoms with Crippen LogP contribution in [0.15, 0.2) is 0 Å². The fraction of sp³-hybridized carbons (Fsp3) is 0.632. The molecule has 0 bridgehead atoms. The van der Waals surface area contributed by atoms with Crippen LogP contribution in [0.5, 0.6) is 0 Å². The number of ether oxygens (including phenoxy) is 1. The summed E-state index contributed by atoms with van der Waals surface area (Å²) in [7, 11) is 0. The van der Waals surface area contributed by atoms with Gasteiger partial charge in [0.25, 0.3) is 0 Å². The predicted molar refractivity (Wildman–Crippen MR) is 97.8 cm³/mol. The molecule has 1 aliphatic heterocycles. The predicted octanol–water partition coefficient (Wildman–Crippen LogP) is 2.54. The number of nitrogens with two attached hydrogens (primary N) is 1. The fourth-order valence-electron chi connectivity index (χ4n) is 4.73. The van der Waals surface area contributed by atoms with E-state index in [9.17, 15) is 14.4 Å². The van der Waals surface area contributed by atoms with E-state index in [2.05, 4.69) is 0 Å². The topological polar surface area (TPSA) is 89.7 Å². The Labute approximate surface area is 156 Å². The zero-order chi connectivity index (χ0) is 18.4. The second kappa shape index (κ2) is 6.68. The minimum Gasteiger partial charge on any atom is -0.462 e. The van der Waals surface area contributed by atoms with Gasteiger partial charge in [-0.15, -0.1) is 11.3 Å². The number of carbonyl (C=O) groups is 3. The summed E-state index contributed by atoms with van der Waals surface area (Å²) in [6.07, 6.45) is 6.08. The molecule has 0 spiro atoms. The number of carbonyl (C=O) groups excluding carboxylic acids is 3. The molecule has 2 aliphatic carbocycles. The van der Waals surface area contributed by atoms with Gasteiger partial charge < -0.3 is 10.5 Å². The molecule has 2 fully saturated rings. The Hall–Kier alpha value is -1.89. The Morgan fingerprint density at radius 2 is 1.81 bits per heavy atom. The molecule has 2 amide bonds. The van der Waals surface area contributed by atoms with Crippen molar-refractivity contribution in [2.45, 2.75) is 57.9 Å². The molecule has 0 radical (unpaired) electrons. The molecule has 1 saturated heterocycles. The van der Waals surface area contributed by atoms with Gasteiger partial charge in [0.1, 0.15) is 5.00 Å². The first-order chi connectivity index (χ1) is 12.5. The summed E-state index contributed by atoms with van der Waals surface area (Å²) in [6, 6.07) is 0.0574. The Morgan fingerprint density at radius 1 is 1.15 bits per heavy atom. The maximum atomic E-state index is 13.0. The van der Waals surface area contributed by atoms with Gasteiger partial charge >= 0.3 is 5.97 Å².